The van der Waals surface area contributed by atoms with E-state index >= 15 is 0 Å². The molecule has 96 valence electrons. The van der Waals surface area contributed by atoms with Gasteiger partial charge in [0.15, 0.2) is 0 Å². The zero-order valence-electron chi connectivity index (χ0n) is 11.2. The fraction of sp³-hybridized carbons (Fsp3) is 0.571. The molecule has 0 aliphatic rings. The SMILES string of the molecule is CCCN(c1ccc(F)cc1[C@@H](C)N)C(C)C. The van der Waals surface area contributed by atoms with Crippen LogP contribution in [0.5, 0.6) is 0 Å². The van der Waals surface area contributed by atoms with Crippen LogP contribution in [0.2, 0.25) is 0 Å². The van der Waals surface area contributed by atoms with E-state index < -0.39 is 0 Å². The molecule has 0 aliphatic carbocycles. The van der Waals surface area contributed by atoms with Crippen LogP contribution < -0.4 is 10.6 Å². The minimum Gasteiger partial charge on any atom is -0.369 e. The lowest BCUT2D eigenvalue weighted by Crippen LogP contribution is -2.33. The van der Waals surface area contributed by atoms with Crippen molar-refractivity contribution < 1.29 is 4.39 Å². The van der Waals surface area contributed by atoms with Gasteiger partial charge in [-0.3, -0.25) is 0 Å². The summed E-state index contributed by atoms with van der Waals surface area (Å²) in [7, 11) is 0. The third-order valence-electron chi connectivity index (χ3n) is 2.88. The molecule has 0 fully saturated rings. The minimum atomic E-state index is -0.221. The normalized spacial score (nSPS) is 12.9. The van der Waals surface area contributed by atoms with Crippen LogP contribution >= 0.6 is 0 Å². The molecule has 2 nitrogen and oxygen atoms in total. The Hall–Kier alpha value is -1.09. The zero-order valence-corrected chi connectivity index (χ0v) is 11.2. The summed E-state index contributed by atoms with van der Waals surface area (Å²) in [6.07, 6.45) is 1.06. The van der Waals surface area contributed by atoms with Gasteiger partial charge in [0.05, 0.1) is 0 Å². The van der Waals surface area contributed by atoms with E-state index in [9.17, 15) is 4.39 Å². The second-order valence-electron chi connectivity index (χ2n) is 4.78. The van der Waals surface area contributed by atoms with E-state index in [1.54, 1.807) is 6.07 Å². The number of hydrogen-bond donors (Lipinski definition) is 1. The highest BCUT2D eigenvalue weighted by Crippen LogP contribution is 2.27. The number of hydrogen-bond acceptors (Lipinski definition) is 2. The van der Waals surface area contributed by atoms with Crippen molar-refractivity contribution in [3.05, 3.63) is 29.6 Å². The van der Waals surface area contributed by atoms with Gasteiger partial charge in [-0.1, -0.05) is 6.92 Å². The van der Waals surface area contributed by atoms with E-state index in [1.165, 1.54) is 6.07 Å². The van der Waals surface area contributed by atoms with E-state index in [0.29, 0.717) is 6.04 Å². The number of halogens is 1. The first-order chi connectivity index (χ1) is 7.97. The zero-order chi connectivity index (χ0) is 13.0. The van der Waals surface area contributed by atoms with Crippen LogP contribution in [0.25, 0.3) is 0 Å². The predicted molar refractivity (Wildman–Crippen MR) is 71.8 cm³/mol. The van der Waals surface area contributed by atoms with Crippen molar-refractivity contribution in [2.75, 3.05) is 11.4 Å². The highest BCUT2D eigenvalue weighted by molar-refractivity contribution is 5.55. The van der Waals surface area contributed by atoms with Gasteiger partial charge in [0.1, 0.15) is 5.82 Å². The molecular weight excluding hydrogens is 215 g/mol. The van der Waals surface area contributed by atoms with Gasteiger partial charge in [-0.15, -0.1) is 0 Å². The van der Waals surface area contributed by atoms with Gasteiger partial charge < -0.3 is 10.6 Å². The summed E-state index contributed by atoms with van der Waals surface area (Å²) in [6.45, 7) is 9.28. The van der Waals surface area contributed by atoms with Crippen molar-refractivity contribution in [3.8, 4) is 0 Å². The Morgan fingerprint density at radius 1 is 1.29 bits per heavy atom. The van der Waals surface area contributed by atoms with Crippen molar-refractivity contribution in [2.45, 2.75) is 46.2 Å². The first-order valence-corrected chi connectivity index (χ1v) is 6.29. The third kappa shape index (κ3) is 3.43. The average Bonchev–Trinajstić information content (AvgIpc) is 2.26. The van der Waals surface area contributed by atoms with E-state index in [2.05, 4.69) is 25.7 Å². The molecule has 0 saturated carbocycles. The molecule has 0 bridgehead atoms. The van der Waals surface area contributed by atoms with Crippen molar-refractivity contribution in [3.63, 3.8) is 0 Å². The molecular formula is C14H23FN2. The topological polar surface area (TPSA) is 29.3 Å². The summed E-state index contributed by atoms with van der Waals surface area (Å²) in [6, 6.07) is 5.12. The fourth-order valence-corrected chi connectivity index (χ4v) is 2.05. The summed E-state index contributed by atoms with van der Waals surface area (Å²) >= 11 is 0. The van der Waals surface area contributed by atoms with E-state index in [1.807, 2.05) is 13.0 Å². The van der Waals surface area contributed by atoms with Crippen LogP contribution in [-0.4, -0.2) is 12.6 Å². The van der Waals surface area contributed by atoms with E-state index in [-0.39, 0.29) is 11.9 Å². The van der Waals surface area contributed by atoms with Crippen LogP contribution in [-0.2, 0) is 0 Å². The molecule has 17 heavy (non-hydrogen) atoms. The lowest BCUT2D eigenvalue weighted by Gasteiger charge is -2.31. The molecule has 0 saturated heterocycles. The first kappa shape index (κ1) is 14.0. The number of nitrogens with zero attached hydrogens (tertiary/aromatic N) is 1. The standard InChI is InChI=1S/C14H23FN2/c1-5-8-17(10(2)3)14-7-6-12(15)9-13(14)11(4)16/h6-7,9-11H,5,8,16H2,1-4H3/t11-/m1/s1. The van der Waals surface area contributed by atoms with Gasteiger partial charge in [-0.05, 0) is 51.0 Å². The van der Waals surface area contributed by atoms with Gasteiger partial charge in [0, 0.05) is 24.3 Å². The molecule has 1 atom stereocenters. The smallest absolute Gasteiger partial charge is 0.123 e. The van der Waals surface area contributed by atoms with Gasteiger partial charge >= 0.3 is 0 Å². The molecule has 1 aromatic rings. The summed E-state index contributed by atoms with van der Waals surface area (Å²) < 4.78 is 13.3. The molecule has 1 rings (SSSR count). The second kappa shape index (κ2) is 6.01. The Kier molecular flexibility index (Phi) is 4.94. The van der Waals surface area contributed by atoms with Gasteiger partial charge in [0.2, 0.25) is 0 Å². The maximum absolute atomic E-state index is 13.3. The predicted octanol–water partition coefficient (Wildman–Crippen LogP) is 3.47. The number of anilines is 1. The summed E-state index contributed by atoms with van der Waals surface area (Å²) in [5.74, 6) is -0.221. The van der Waals surface area contributed by atoms with Crippen LogP contribution in [0.1, 0.15) is 45.7 Å². The Morgan fingerprint density at radius 3 is 2.41 bits per heavy atom. The van der Waals surface area contributed by atoms with E-state index in [4.69, 9.17) is 5.73 Å². The monoisotopic (exact) mass is 238 g/mol. The molecule has 2 N–H and O–H groups in total. The van der Waals surface area contributed by atoms with Crippen LogP contribution in [0.3, 0.4) is 0 Å². The minimum absolute atomic E-state index is 0.154. The van der Waals surface area contributed by atoms with Crippen molar-refractivity contribution in [1.29, 1.82) is 0 Å². The molecule has 0 spiro atoms. The molecule has 0 aliphatic heterocycles. The Morgan fingerprint density at radius 2 is 1.94 bits per heavy atom. The number of rotatable bonds is 5. The summed E-state index contributed by atoms with van der Waals surface area (Å²) in [5.41, 5.74) is 7.86. The van der Waals surface area contributed by atoms with Gasteiger partial charge in [-0.25, -0.2) is 4.39 Å². The maximum Gasteiger partial charge on any atom is 0.123 e. The molecule has 0 amide bonds. The summed E-state index contributed by atoms with van der Waals surface area (Å²) in [4.78, 5) is 2.28. The molecule has 0 heterocycles. The second-order valence-corrected chi connectivity index (χ2v) is 4.78. The Bertz CT molecular complexity index is 361. The molecule has 0 aromatic heterocycles. The average molecular weight is 238 g/mol. The van der Waals surface area contributed by atoms with Crippen LogP contribution in [0.4, 0.5) is 10.1 Å². The fourth-order valence-electron chi connectivity index (χ4n) is 2.05. The van der Waals surface area contributed by atoms with Crippen molar-refractivity contribution in [2.24, 2.45) is 5.73 Å². The number of benzene rings is 1. The maximum atomic E-state index is 13.3. The highest BCUT2D eigenvalue weighted by atomic mass is 19.1. The number of nitrogens with two attached hydrogens (primary N) is 1. The quantitative estimate of drug-likeness (QED) is 0.851. The molecule has 0 unspecified atom stereocenters. The Labute approximate surface area is 104 Å². The van der Waals surface area contributed by atoms with Crippen molar-refractivity contribution >= 4 is 5.69 Å². The lowest BCUT2D eigenvalue weighted by molar-refractivity contribution is 0.617. The lowest BCUT2D eigenvalue weighted by atomic mass is 10.0. The van der Waals surface area contributed by atoms with Gasteiger partial charge in [-0.2, -0.15) is 0 Å². The largest absolute Gasteiger partial charge is 0.369 e. The molecule has 1 aromatic carbocycles. The Balaban J connectivity index is 3.17. The van der Waals surface area contributed by atoms with E-state index in [0.717, 1.165) is 24.2 Å². The highest BCUT2D eigenvalue weighted by Gasteiger charge is 2.16. The van der Waals surface area contributed by atoms with Gasteiger partial charge in [0.25, 0.3) is 0 Å². The third-order valence-corrected chi connectivity index (χ3v) is 2.88. The molecule has 0 radical (unpaired) electrons. The van der Waals surface area contributed by atoms with Crippen LogP contribution in [0, 0.1) is 5.82 Å². The first-order valence-electron chi connectivity index (χ1n) is 6.29. The summed E-state index contributed by atoms with van der Waals surface area (Å²) in [5, 5.41) is 0. The van der Waals surface area contributed by atoms with Crippen molar-refractivity contribution in [1.82, 2.24) is 0 Å². The van der Waals surface area contributed by atoms with Crippen LogP contribution in [0.15, 0.2) is 18.2 Å². The molecule has 3 heteroatoms.